The first-order chi connectivity index (χ1) is 6.81. The van der Waals surface area contributed by atoms with E-state index in [9.17, 15) is 8.42 Å². The zero-order chi connectivity index (χ0) is 11.9. The predicted molar refractivity (Wildman–Crippen MR) is 66.0 cm³/mol. The predicted octanol–water partition coefficient (Wildman–Crippen LogP) is -0.215. The molecule has 0 aromatic rings. The van der Waals surface area contributed by atoms with E-state index in [4.69, 9.17) is 17.4 Å². The number of sulfonamides is 1. The van der Waals surface area contributed by atoms with Crippen molar-refractivity contribution in [3.63, 3.8) is 0 Å². The molecule has 0 aliphatic carbocycles. The highest BCUT2D eigenvalue weighted by Gasteiger charge is 2.02. The van der Waals surface area contributed by atoms with Crippen molar-refractivity contribution in [3.8, 4) is 0 Å². The Kier molecular flexibility index (Phi) is 6.78. The first-order valence-electron chi connectivity index (χ1n) is 4.83. The van der Waals surface area contributed by atoms with E-state index < -0.39 is 10.0 Å². The van der Waals surface area contributed by atoms with Crippen molar-refractivity contribution in [1.82, 2.24) is 10.6 Å². The largest absolute Gasteiger partial charge is 0.363 e. The third kappa shape index (κ3) is 11.5. The second-order valence-corrected chi connectivity index (χ2v) is 5.89. The summed E-state index contributed by atoms with van der Waals surface area (Å²) in [6.07, 6.45) is 0.461. The number of thiocarbonyl (C=S) groups is 1. The van der Waals surface area contributed by atoms with Gasteiger partial charge in [-0.25, -0.2) is 13.6 Å². The second-order valence-electron chi connectivity index (χ2n) is 3.75. The van der Waals surface area contributed by atoms with E-state index in [2.05, 4.69) is 24.5 Å². The van der Waals surface area contributed by atoms with Crippen molar-refractivity contribution in [1.29, 1.82) is 0 Å². The van der Waals surface area contributed by atoms with Gasteiger partial charge >= 0.3 is 0 Å². The molecule has 0 atom stereocenters. The summed E-state index contributed by atoms with van der Waals surface area (Å²) in [5.41, 5.74) is 0. The third-order valence-corrected chi connectivity index (χ3v) is 2.71. The van der Waals surface area contributed by atoms with E-state index in [0.717, 1.165) is 6.54 Å². The Morgan fingerprint density at radius 2 is 2.00 bits per heavy atom. The van der Waals surface area contributed by atoms with Crippen LogP contribution in [-0.4, -0.2) is 32.4 Å². The van der Waals surface area contributed by atoms with Gasteiger partial charge in [0, 0.05) is 13.1 Å². The molecule has 0 aliphatic heterocycles. The summed E-state index contributed by atoms with van der Waals surface area (Å²) in [7, 11) is -3.35. The quantitative estimate of drug-likeness (QED) is 0.450. The average Bonchev–Trinajstić information content (AvgIpc) is 2.07. The third-order valence-electron chi connectivity index (χ3n) is 1.56. The Bertz CT molecular complexity index is 288. The molecule has 0 spiro atoms. The first kappa shape index (κ1) is 14.6. The van der Waals surface area contributed by atoms with Gasteiger partial charge in [0.25, 0.3) is 0 Å². The molecule has 0 rings (SSSR count). The van der Waals surface area contributed by atoms with E-state index in [1.165, 1.54) is 0 Å². The summed E-state index contributed by atoms with van der Waals surface area (Å²) in [4.78, 5) is 0. The lowest BCUT2D eigenvalue weighted by molar-refractivity contribution is 0.593. The molecule has 0 aromatic heterocycles. The van der Waals surface area contributed by atoms with Gasteiger partial charge in [0.2, 0.25) is 10.0 Å². The molecule has 0 amide bonds. The molecule has 4 N–H and O–H groups in total. The van der Waals surface area contributed by atoms with Gasteiger partial charge in [-0.2, -0.15) is 0 Å². The number of nitrogens with one attached hydrogen (secondary N) is 2. The van der Waals surface area contributed by atoms with E-state index >= 15 is 0 Å². The van der Waals surface area contributed by atoms with Gasteiger partial charge in [0.15, 0.2) is 5.11 Å². The molecule has 0 radical (unpaired) electrons. The van der Waals surface area contributed by atoms with Gasteiger partial charge in [-0.15, -0.1) is 0 Å². The summed E-state index contributed by atoms with van der Waals surface area (Å²) in [6.45, 7) is 5.48. The zero-order valence-corrected chi connectivity index (χ0v) is 10.7. The molecule has 0 unspecified atom stereocenters. The molecule has 0 saturated heterocycles. The molecule has 90 valence electrons. The fraction of sp³-hybridized carbons (Fsp3) is 0.875. The molecule has 0 aliphatic rings. The van der Waals surface area contributed by atoms with E-state index in [-0.39, 0.29) is 5.75 Å². The summed E-state index contributed by atoms with van der Waals surface area (Å²) >= 11 is 4.98. The van der Waals surface area contributed by atoms with Gasteiger partial charge < -0.3 is 10.6 Å². The van der Waals surface area contributed by atoms with Crippen molar-refractivity contribution in [2.24, 2.45) is 11.1 Å². The Morgan fingerprint density at radius 3 is 2.47 bits per heavy atom. The zero-order valence-electron chi connectivity index (χ0n) is 9.12. The van der Waals surface area contributed by atoms with E-state index in [1.807, 2.05) is 0 Å². The number of nitrogens with two attached hydrogens (primary N) is 1. The van der Waals surface area contributed by atoms with E-state index in [0.29, 0.717) is 24.0 Å². The minimum atomic E-state index is -3.35. The van der Waals surface area contributed by atoms with Crippen LogP contribution in [0.3, 0.4) is 0 Å². The van der Waals surface area contributed by atoms with Crippen LogP contribution in [0.5, 0.6) is 0 Å². The Balaban J connectivity index is 3.48. The smallest absolute Gasteiger partial charge is 0.209 e. The lowest BCUT2D eigenvalue weighted by Gasteiger charge is -2.11. The van der Waals surface area contributed by atoms with Crippen LogP contribution >= 0.6 is 12.2 Å². The topological polar surface area (TPSA) is 84.2 Å². The van der Waals surface area contributed by atoms with Gasteiger partial charge in [-0.3, -0.25) is 0 Å². The van der Waals surface area contributed by atoms with Crippen molar-refractivity contribution in [2.75, 3.05) is 18.8 Å². The Labute approximate surface area is 96.9 Å². The van der Waals surface area contributed by atoms with Crippen LogP contribution in [-0.2, 0) is 10.0 Å². The average molecular weight is 253 g/mol. The fourth-order valence-corrected chi connectivity index (χ4v) is 1.57. The van der Waals surface area contributed by atoms with Crippen molar-refractivity contribution in [3.05, 3.63) is 0 Å². The molecule has 0 fully saturated rings. The number of primary sulfonamides is 1. The van der Waals surface area contributed by atoms with Gasteiger partial charge in [-0.05, 0) is 24.6 Å². The SMILES string of the molecule is CC(C)CNC(=S)NCCCS(N)(=O)=O. The highest BCUT2D eigenvalue weighted by molar-refractivity contribution is 7.89. The summed E-state index contributed by atoms with van der Waals surface area (Å²) in [5.74, 6) is 0.501. The normalized spacial score (nSPS) is 11.5. The van der Waals surface area contributed by atoms with Crippen LogP contribution < -0.4 is 15.8 Å². The first-order valence-corrected chi connectivity index (χ1v) is 6.96. The summed E-state index contributed by atoms with van der Waals surface area (Å²) in [6, 6.07) is 0. The van der Waals surface area contributed by atoms with Crippen LogP contribution in [0.1, 0.15) is 20.3 Å². The molecular formula is C8H19N3O2S2. The molecule has 7 heteroatoms. The van der Waals surface area contributed by atoms with Crippen LogP contribution in [0, 0.1) is 5.92 Å². The van der Waals surface area contributed by atoms with Gasteiger partial charge in [0.1, 0.15) is 0 Å². The molecule has 0 heterocycles. The van der Waals surface area contributed by atoms with E-state index in [1.54, 1.807) is 0 Å². The van der Waals surface area contributed by atoms with Gasteiger partial charge in [-0.1, -0.05) is 13.8 Å². The van der Waals surface area contributed by atoms with Gasteiger partial charge in [0.05, 0.1) is 5.75 Å². The maximum absolute atomic E-state index is 10.6. The van der Waals surface area contributed by atoms with Crippen LogP contribution in [0.15, 0.2) is 0 Å². The maximum atomic E-state index is 10.6. The van der Waals surface area contributed by atoms with Crippen LogP contribution in [0.4, 0.5) is 0 Å². The van der Waals surface area contributed by atoms with Crippen molar-refractivity contribution < 1.29 is 8.42 Å². The fourth-order valence-electron chi connectivity index (χ4n) is 0.835. The highest BCUT2D eigenvalue weighted by Crippen LogP contribution is 1.87. The minimum absolute atomic E-state index is 0.0210. The maximum Gasteiger partial charge on any atom is 0.209 e. The molecule has 15 heavy (non-hydrogen) atoms. The van der Waals surface area contributed by atoms with Crippen LogP contribution in [0.25, 0.3) is 0 Å². The second kappa shape index (κ2) is 6.97. The molecule has 5 nitrogen and oxygen atoms in total. The molecule has 0 bridgehead atoms. The van der Waals surface area contributed by atoms with Crippen molar-refractivity contribution >= 4 is 27.4 Å². The minimum Gasteiger partial charge on any atom is -0.363 e. The standard InChI is InChI=1S/C8H19N3O2S2/c1-7(2)6-11-8(14)10-4-3-5-15(9,12)13/h7H,3-6H2,1-2H3,(H2,9,12,13)(H2,10,11,14). The highest BCUT2D eigenvalue weighted by atomic mass is 32.2. The molecule has 0 aromatic carbocycles. The molecule has 0 saturated carbocycles. The lowest BCUT2D eigenvalue weighted by Crippen LogP contribution is -2.38. The number of rotatable bonds is 6. The number of hydrogen-bond acceptors (Lipinski definition) is 3. The summed E-state index contributed by atoms with van der Waals surface area (Å²) < 4.78 is 21.2. The van der Waals surface area contributed by atoms with Crippen molar-refractivity contribution in [2.45, 2.75) is 20.3 Å². The Morgan fingerprint density at radius 1 is 1.40 bits per heavy atom. The lowest BCUT2D eigenvalue weighted by atomic mass is 10.2. The Hall–Kier alpha value is -0.400. The number of hydrogen-bond donors (Lipinski definition) is 3. The van der Waals surface area contributed by atoms with Crippen LogP contribution in [0.2, 0.25) is 0 Å². The summed E-state index contributed by atoms with van der Waals surface area (Å²) in [5, 5.41) is 11.3. The molecular weight excluding hydrogens is 234 g/mol. The monoisotopic (exact) mass is 253 g/mol.